The van der Waals surface area contributed by atoms with E-state index in [-0.39, 0.29) is 0 Å². The van der Waals surface area contributed by atoms with Crippen molar-refractivity contribution in [2.45, 2.75) is 25.7 Å². The molecule has 1 fully saturated rings. The molecule has 2 rings (SSSR count). The zero-order valence-corrected chi connectivity index (χ0v) is 11.3. The van der Waals surface area contributed by atoms with Gasteiger partial charge in [0.1, 0.15) is 0 Å². The molecule has 2 aliphatic carbocycles. The minimum atomic E-state index is 1.23. The molecule has 0 saturated heterocycles. The Hall–Kier alpha value is 0.393. The van der Waals surface area contributed by atoms with Crippen molar-refractivity contribution in [2.75, 3.05) is 0 Å². The van der Waals surface area contributed by atoms with Gasteiger partial charge in [-0.2, -0.15) is 0 Å². The SMILES string of the molecule is C1=CCCC=CCC1.[CH]1[CH][CH][CH][CH]1.[Cl][Ru]. The zero-order chi connectivity index (χ0) is 11.2. The van der Waals surface area contributed by atoms with Crippen molar-refractivity contribution in [1.82, 2.24) is 0 Å². The standard InChI is InChI=1S/C8H12.C5H5.ClH.Ru/c1-2-4-6-8-7-5-3-1;1-2-4-5-3-1;;/h1-2,7-8H,3-6H2;1-5H;1H;/q;;;+1/p-1. The van der Waals surface area contributed by atoms with Gasteiger partial charge < -0.3 is 0 Å². The Morgan fingerprint density at radius 1 is 0.533 bits per heavy atom. The third kappa shape index (κ3) is 12.3. The molecule has 15 heavy (non-hydrogen) atoms. The molecule has 0 aromatic rings. The predicted molar refractivity (Wildman–Crippen MR) is 64.1 cm³/mol. The van der Waals surface area contributed by atoms with Crippen molar-refractivity contribution in [3.63, 3.8) is 0 Å². The van der Waals surface area contributed by atoms with Gasteiger partial charge in [-0.3, -0.25) is 0 Å². The average molecular weight is 310 g/mol. The quantitative estimate of drug-likeness (QED) is 0.460. The fraction of sp³-hybridized carbons (Fsp3) is 0.308. The van der Waals surface area contributed by atoms with Crippen molar-refractivity contribution in [2.24, 2.45) is 0 Å². The van der Waals surface area contributed by atoms with Crippen LogP contribution in [-0.4, -0.2) is 0 Å². The molecule has 2 aliphatic rings. The molecule has 5 radical (unpaired) electrons. The minimum absolute atomic E-state index is 1.23. The van der Waals surface area contributed by atoms with Crippen molar-refractivity contribution in [1.29, 1.82) is 0 Å². The maximum absolute atomic E-state index is 4.57. The Morgan fingerprint density at radius 3 is 0.933 bits per heavy atom. The Labute approximate surface area is 109 Å². The molecule has 0 spiro atoms. The second-order valence-electron chi connectivity index (χ2n) is 3.06. The fourth-order valence-corrected chi connectivity index (χ4v) is 1.18. The summed E-state index contributed by atoms with van der Waals surface area (Å²) < 4.78 is 0. The van der Waals surface area contributed by atoms with Crippen LogP contribution in [0, 0.1) is 32.1 Å². The van der Waals surface area contributed by atoms with Crippen molar-refractivity contribution >= 4 is 9.69 Å². The normalized spacial score (nSPS) is 19.1. The molecule has 0 N–H and O–H groups in total. The third-order valence-corrected chi connectivity index (χ3v) is 1.89. The molecule has 0 atom stereocenters. The van der Waals surface area contributed by atoms with E-state index >= 15 is 0 Å². The van der Waals surface area contributed by atoms with Crippen LogP contribution in [0.2, 0.25) is 0 Å². The van der Waals surface area contributed by atoms with Gasteiger partial charge in [0.2, 0.25) is 0 Å². The van der Waals surface area contributed by atoms with E-state index < -0.39 is 0 Å². The second kappa shape index (κ2) is 14.4. The molecule has 0 aromatic carbocycles. The van der Waals surface area contributed by atoms with Crippen LogP contribution in [0.5, 0.6) is 0 Å². The van der Waals surface area contributed by atoms with Gasteiger partial charge in [-0.15, -0.1) is 0 Å². The average Bonchev–Trinajstić information content (AvgIpc) is 2.77. The number of hydrogen-bond acceptors (Lipinski definition) is 0. The molecule has 0 nitrogen and oxygen atoms in total. The van der Waals surface area contributed by atoms with Gasteiger partial charge in [-0.25, -0.2) is 0 Å². The van der Waals surface area contributed by atoms with Crippen molar-refractivity contribution < 1.29 is 17.3 Å². The van der Waals surface area contributed by atoms with Crippen LogP contribution in [0.3, 0.4) is 0 Å². The van der Waals surface area contributed by atoms with E-state index in [4.69, 9.17) is 0 Å². The summed E-state index contributed by atoms with van der Waals surface area (Å²) in [6.07, 6.45) is 24.0. The van der Waals surface area contributed by atoms with E-state index in [1.54, 1.807) is 0 Å². The van der Waals surface area contributed by atoms with E-state index in [0.29, 0.717) is 0 Å². The summed E-state index contributed by atoms with van der Waals surface area (Å²) in [6, 6.07) is 0. The zero-order valence-electron chi connectivity index (χ0n) is 8.76. The predicted octanol–water partition coefficient (Wildman–Crippen LogP) is 4.38. The van der Waals surface area contributed by atoms with Crippen molar-refractivity contribution in [3.05, 3.63) is 56.4 Å². The van der Waals surface area contributed by atoms with Crippen LogP contribution >= 0.6 is 9.69 Å². The molecule has 0 heterocycles. The fourth-order valence-electron chi connectivity index (χ4n) is 1.18. The topological polar surface area (TPSA) is 0 Å². The Kier molecular flexibility index (Phi) is 14.8. The summed E-state index contributed by atoms with van der Waals surface area (Å²) >= 11 is 1.82. The molecule has 0 aliphatic heterocycles. The Balaban J connectivity index is 0.000000241. The molecule has 84 valence electrons. The van der Waals surface area contributed by atoms with Gasteiger partial charge in [0.05, 0.1) is 0 Å². The summed E-state index contributed by atoms with van der Waals surface area (Å²) in [5, 5.41) is 0. The first kappa shape index (κ1) is 15.4. The first-order chi connectivity index (χ1) is 7.50. The number of hydrogen-bond donors (Lipinski definition) is 0. The molecule has 2 heteroatoms. The molecule has 0 aromatic heterocycles. The molecule has 1 saturated carbocycles. The van der Waals surface area contributed by atoms with Gasteiger partial charge in [0, 0.05) is 0 Å². The van der Waals surface area contributed by atoms with E-state index in [1.807, 2.05) is 49.4 Å². The molecule has 0 amide bonds. The summed E-state index contributed by atoms with van der Waals surface area (Å²) in [6.45, 7) is 0. The van der Waals surface area contributed by atoms with Crippen LogP contribution in [0.1, 0.15) is 25.7 Å². The second-order valence-corrected chi connectivity index (χ2v) is 3.06. The number of allylic oxidation sites excluding steroid dienone is 4. The van der Waals surface area contributed by atoms with Crippen LogP contribution in [0.25, 0.3) is 0 Å². The molecular weight excluding hydrogens is 293 g/mol. The van der Waals surface area contributed by atoms with Crippen LogP contribution in [0.4, 0.5) is 0 Å². The first-order valence-electron chi connectivity index (χ1n) is 5.10. The maximum atomic E-state index is 4.57. The van der Waals surface area contributed by atoms with Crippen LogP contribution in [0.15, 0.2) is 24.3 Å². The Morgan fingerprint density at radius 2 is 0.733 bits per heavy atom. The summed E-state index contributed by atoms with van der Waals surface area (Å²) in [7, 11) is 4.57. The van der Waals surface area contributed by atoms with Crippen LogP contribution < -0.4 is 0 Å². The summed E-state index contributed by atoms with van der Waals surface area (Å²) in [5.41, 5.74) is 0. The van der Waals surface area contributed by atoms with Gasteiger partial charge in [-0.05, 0) is 57.8 Å². The van der Waals surface area contributed by atoms with Gasteiger partial charge in [0.15, 0.2) is 0 Å². The summed E-state index contributed by atoms with van der Waals surface area (Å²) in [4.78, 5) is 0. The Bertz CT molecular complexity index is 126. The van der Waals surface area contributed by atoms with Gasteiger partial charge in [-0.1, -0.05) is 24.3 Å². The van der Waals surface area contributed by atoms with Crippen LogP contribution in [-0.2, 0) is 17.3 Å². The number of rotatable bonds is 0. The van der Waals surface area contributed by atoms with Crippen molar-refractivity contribution in [3.8, 4) is 0 Å². The first-order valence-corrected chi connectivity index (χ1v) is 7.34. The van der Waals surface area contributed by atoms with E-state index in [9.17, 15) is 0 Å². The molecule has 0 unspecified atom stereocenters. The molecular formula is C13H17ClRu. The number of halogens is 1. The third-order valence-electron chi connectivity index (χ3n) is 1.89. The van der Waals surface area contributed by atoms with E-state index in [0.717, 1.165) is 0 Å². The van der Waals surface area contributed by atoms with Gasteiger partial charge >= 0.3 is 27.0 Å². The van der Waals surface area contributed by atoms with Gasteiger partial charge in [0.25, 0.3) is 0 Å². The summed E-state index contributed by atoms with van der Waals surface area (Å²) in [5.74, 6) is 0. The monoisotopic (exact) mass is 310 g/mol. The molecule has 0 bridgehead atoms. The van der Waals surface area contributed by atoms with E-state index in [1.165, 1.54) is 25.7 Å². The van der Waals surface area contributed by atoms with E-state index in [2.05, 4.69) is 34.0 Å².